The van der Waals surface area contributed by atoms with Crippen molar-refractivity contribution in [1.29, 1.82) is 0 Å². The second-order valence-electron chi connectivity index (χ2n) is 4.63. The minimum absolute atomic E-state index is 0.0574. The van der Waals surface area contributed by atoms with Gasteiger partial charge in [-0.15, -0.1) is 0 Å². The van der Waals surface area contributed by atoms with Crippen molar-refractivity contribution in [3.8, 4) is 11.5 Å². The third kappa shape index (κ3) is 4.14. The van der Waals surface area contributed by atoms with Crippen molar-refractivity contribution in [3.05, 3.63) is 51.1 Å². The second-order valence-corrected chi connectivity index (χ2v) is 7.34. The van der Waals surface area contributed by atoms with Gasteiger partial charge in [0.1, 0.15) is 4.90 Å². The van der Waals surface area contributed by atoms with Gasteiger partial charge < -0.3 is 14.1 Å². The average Bonchev–Trinajstić information content (AvgIpc) is 2.50. The molecule has 23 heavy (non-hydrogen) atoms. The number of rotatable bonds is 5. The lowest BCUT2D eigenvalue weighted by Gasteiger charge is -2.13. The summed E-state index contributed by atoms with van der Waals surface area (Å²) in [5.74, 6) is 0.311. The molecule has 0 spiro atoms. The Kier molecular flexibility index (Phi) is 5.47. The summed E-state index contributed by atoms with van der Waals surface area (Å²) in [5.41, 5.74) is 1.50. The zero-order valence-corrected chi connectivity index (χ0v) is 15.3. The van der Waals surface area contributed by atoms with E-state index in [0.29, 0.717) is 9.13 Å². The molecule has 0 bridgehead atoms. The predicted molar refractivity (Wildman–Crippen MR) is 94.1 cm³/mol. The van der Waals surface area contributed by atoms with E-state index in [4.69, 9.17) is 14.1 Å². The zero-order chi connectivity index (χ0) is 17.0. The summed E-state index contributed by atoms with van der Waals surface area (Å²) in [7, 11) is -2.58. The molecule has 2 aromatic rings. The molecule has 0 saturated heterocycles. The number of methoxy groups -OCH3 is 1. The fraction of sp³-hybridized carbons (Fsp3) is 0.133. The van der Waals surface area contributed by atoms with E-state index in [0.717, 1.165) is 5.56 Å². The van der Waals surface area contributed by atoms with Gasteiger partial charge in [0, 0.05) is 5.56 Å². The smallest absolute Gasteiger partial charge is 0.339 e. The van der Waals surface area contributed by atoms with Gasteiger partial charge in [-0.2, -0.15) is 8.42 Å². The van der Waals surface area contributed by atoms with Gasteiger partial charge in [0.05, 0.1) is 16.9 Å². The molecule has 0 aliphatic rings. The highest BCUT2D eigenvalue weighted by Gasteiger charge is 2.21. The molecule has 1 N–H and O–H groups in total. The number of hydrogen-bond donors (Lipinski definition) is 1. The van der Waals surface area contributed by atoms with Crippen molar-refractivity contribution in [2.75, 3.05) is 7.11 Å². The van der Waals surface area contributed by atoms with Gasteiger partial charge in [0.15, 0.2) is 11.5 Å². The van der Waals surface area contributed by atoms with Crippen molar-refractivity contribution >= 4 is 38.9 Å². The number of benzene rings is 2. The van der Waals surface area contributed by atoms with Crippen LogP contribution in [0.5, 0.6) is 11.5 Å². The number of ether oxygens (including phenoxy) is 1. The first kappa shape index (κ1) is 17.5. The van der Waals surface area contributed by atoms with Crippen LogP contribution in [-0.2, 0) is 10.1 Å². The third-order valence-corrected chi connectivity index (χ3v) is 5.00. The number of hydrogen-bond acceptors (Lipinski definition) is 6. The first-order valence-electron chi connectivity index (χ1n) is 6.43. The number of halogens is 1. The van der Waals surface area contributed by atoms with Crippen LogP contribution in [-0.4, -0.2) is 26.9 Å². The largest absolute Gasteiger partial charge is 0.493 e. The molecule has 0 aliphatic heterocycles. The highest BCUT2D eigenvalue weighted by Crippen LogP contribution is 2.35. The maximum absolute atomic E-state index is 12.4. The topological polar surface area (TPSA) is 85.2 Å². The van der Waals surface area contributed by atoms with E-state index in [1.807, 2.05) is 29.5 Å². The molecule has 0 atom stereocenters. The van der Waals surface area contributed by atoms with Gasteiger partial charge in [-0.05, 0) is 53.8 Å². The van der Waals surface area contributed by atoms with E-state index >= 15 is 0 Å². The Morgan fingerprint density at radius 3 is 2.43 bits per heavy atom. The van der Waals surface area contributed by atoms with E-state index in [1.54, 1.807) is 18.2 Å². The highest BCUT2D eigenvalue weighted by atomic mass is 127. The minimum Gasteiger partial charge on any atom is -0.493 e. The monoisotopic (exact) mass is 447 g/mol. The van der Waals surface area contributed by atoms with Crippen LogP contribution in [0.2, 0.25) is 0 Å². The number of oxime groups is 1. The summed E-state index contributed by atoms with van der Waals surface area (Å²) in [6, 6.07) is 9.48. The Hall–Kier alpha value is -1.81. The molecule has 122 valence electrons. The maximum atomic E-state index is 12.4. The van der Waals surface area contributed by atoms with Crippen LogP contribution < -0.4 is 8.92 Å². The van der Waals surface area contributed by atoms with Crippen molar-refractivity contribution in [2.24, 2.45) is 5.16 Å². The van der Waals surface area contributed by atoms with Crippen LogP contribution >= 0.6 is 22.6 Å². The molecule has 0 aromatic heterocycles. The summed E-state index contributed by atoms with van der Waals surface area (Å²) in [6.45, 7) is 1.87. The molecule has 0 saturated carbocycles. The Morgan fingerprint density at radius 1 is 1.22 bits per heavy atom. The van der Waals surface area contributed by atoms with Crippen LogP contribution in [0.4, 0.5) is 0 Å². The summed E-state index contributed by atoms with van der Waals surface area (Å²) in [4.78, 5) is 0.0574. The van der Waals surface area contributed by atoms with Crippen LogP contribution in [0.15, 0.2) is 46.4 Å². The molecule has 0 heterocycles. The fourth-order valence-corrected chi connectivity index (χ4v) is 3.67. The van der Waals surface area contributed by atoms with Crippen LogP contribution in [0.25, 0.3) is 0 Å². The van der Waals surface area contributed by atoms with E-state index in [2.05, 4.69) is 5.16 Å². The molecule has 0 amide bonds. The molecule has 2 aromatic carbocycles. The van der Waals surface area contributed by atoms with Gasteiger partial charge in [0.2, 0.25) is 0 Å². The molecule has 0 aliphatic carbocycles. The van der Waals surface area contributed by atoms with Crippen molar-refractivity contribution < 1.29 is 22.5 Å². The first-order valence-corrected chi connectivity index (χ1v) is 8.92. The van der Waals surface area contributed by atoms with Gasteiger partial charge in [-0.25, -0.2) is 0 Å². The lowest BCUT2D eigenvalue weighted by Crippen LogP contribution is -2.11. The van der Waals surface area contributed by atoms with Crippen LogP contribution in [0.1, 0.15) is 11.1 Å². The molecule has 6 nitrogen and oxygen atoms in total. The normalized spacial score (nSPS) is 11.6. The molecule has 0 unspecified atom stereocenters. The number of aryl methyl sites for hydroxylation is 1. The molecular formula is C15H14INO5S. The summed E-state index contributed by atoms with van der Waals surface area (Å²) < 4.78 is 35.7. The van der Waals surface area contributed by atoms with Crippen LogP contribution in [0, 0.1) is 10.5 Å². The summed E-state index contributed by atoms with van der Waals surface area (Å²) >= 11 is 1.93. The van der Waals surface area contributed by atoms with Gasteiger partial charge in [0.25, 0.3) is 0 Å². The third-order valence-electron chi connectivity index (χ3n) is 2.96. The van der Waals surface area contributed by atoms with Crippen LogP contribution in [0.3, 0.4) is 0 Å². The van der Waals surface area contributed by atoms with Gasteiger partial charge in [-0.1, -0.05) is 22.9 Å². The highest BCUT2D eigenvalue weighted by molar-refractivity contribution is 14.1. The Bertz CT molecular complexity index is 832. The van der Waals surface area contributed by atoms with Gasteiger partial charge in [-0.3, -0.25) is 0 Å². The summed E-state index contributed by atoms with van der Waals surface area (Å²) in [5, 5.41) is 11.5. The average molecular weight is 447 g/mol. The molecule has 0 fully saturated rings. The van der Waals surface area contributed by atoms with Crippen molar-refractivity contribution in [3.63, 3.8) is 0 Å². The van der Waals surface area contributed by atoms with E-state index in [1.165, 1.54) is 31.5 Å². The predicted octanol–water partition coefficient (Wildman–Crippen LogP) is 3.18. The zero-order valence-electron chi connectivity index (χ0n) is 12.4. The Labute approximate surface area is 148 Å². The quantitative estimate of drug-likeness (QED) is 0.250. The summed E-state index contributed by atoms with van der Waals surface area (Å²) in [6.07, 6.45) is 1.21. The Balaban J connectivity index is 2.44. The molecule has 8 heteroatoms. The maximum Gasteiger partial charge on any atom is 0.339 e. The lowest BCUT2D eigenvalue weighted by molar-refractivity contribution is 0.322. The standard InChI is InChI=1S/C15H14INO5S/c1-10-3-5-12(6-4-10)23(19,20)22-15-13(16)7-11(9-17-18)8-14(15)21-2/h3-9,18H,1-2H3. The van der Waals surface area contributed by atoms with E-state index < -0.39 is 10.1 Å². The van der Waals surface area contributed by atoms with E-state index in [-0.39, 0.29) is 16.4 Å². The fourth-order valence-electron chi connectivity index (χ4n) is 1.82. The lowest BCUT2D eigenvalue weighted by atomic mass is 10.2. The minimum atomic E-state index is -3.98. The second kappa shape index (κ2) is 7.18. The van der Waals surface area contributed by atoms with Crippen molar-refractivity contribution in [1.82, 2.24) is 0 Å². The number of nitrogens with zero attached hydrogens (tertiary/aromatic N) is 1. The van der Waals surface area contributed by atoms with Gasteiger partial charge >= 0.3 is 10.1 Å². The Morgan fingerprint density at radius 2 is 1.87 bits per heavy atom. The molecule has 2 rings (SSSR count). The van der Waals surface area contributed by atoms with E-state index in [9.17, 15) is 8.42 Å². The molecular weight excluding hydrogens is 433 g/mol. The van der Waals surface area contributed by atoms with Crippen molar-refractivity contribution in [2.45, 2.75) is 11.8 Å². The molecule has 0 radical (unpaired) electrons. The first-order chi connectivity index (χ1) is 10.9. The SMILES string of the molecule is COc1cc(C=NO)cc(I)c1OS(=O)(=O)c1ccc(C)cc1.